The molecule has 1 fully saturated rings. The van der Waals surface area contributed by atoms with Crippen LogP contribution < -0.4 is 11.1 Å². The molecular weight excluding hydrogens is 271 g/mol. The van der Waals surface area contributed by atoms with Gasteiger partial charge < -0.3 is 11.1 Å². The molecule has 0 spiro atoms. The van der Waals surface area contributed by atoms with Gasteiger partial charge in [0.15, 0.2) is 0 Å². The van der Waals surface area contributed by atoms with Crippen molar-refractivity contribution in [2.45, 2.75) is 6.04 Å². The third kappa shape index (κ3) is 3.85. The number of nitrogens with one attached hydrogen (secondary N) is 1. The predicted molar refractivity (Wildman–Crippen MR) is 80.5 cm³/mol. The summed E-state index contributed by atoms with van der Waals surface area (Å²) < 4.78 is 0. The van der Waals surface area contributed by atoms with Gasteiger partial charge in [-0.2, -0.15) is 0 Å². The topological polar surface area (TPSA) is 54.2 Å². The third-order valence-electron chi connectivity index (χ3n) is 2.96. The summed E-state index contributed by atoms with van der Waals surface area (Å²) in [5.41, 5.74) is 6.96. The number of aromatic nitrogens is 1. The average molecular weight is 291 g/mol. The average Bonchev–Trinajstić information content (AvgIpc) is 2.34. The first-order chi connectivity index (χ1) is 7.83. The lowest BCUT2D eigenvalue weighted by Gasteiger charge is -2.33. The maximum Gasteiger partial charge on any atom is 0.128 e. The van der Waals surface area contributed by atoms with Crippen molar-refractivity contribution in [3.05, 3.63) is 36.5 Å². The van der Waals surface area contributed by atoms with E-state index in [-0.39, 0.29) is 30.9 Å². The highest BCUT2D eigenvalue weighted by Gasteiger charge is 2.21. The minimum Gasteiger partial charge on any atom is -0.383 e. The molecule has 1 saturated heterocycles. The van der Waals surface area contributed by atoms with Crippen molar-refractivity contribution in [1.82, 2.24) is 15.2 Å². The molecule has 4 nitrogen and oxygen atoms in total. The highest BCUT2D eigenvalue weighted by molar-refractivity contribution is 5.85. The van der Waals surface area contributed by atoms with Crippen molar-refractivity contribution in [3.63, 3.8) is 0 Å². The molecule has 102 valence electrons. The maximum atomic E-state index is 5.90. The van der Waals surface area contributed by atoms with Gasteiger partial charge in [-0.25, -0.2) is 4.98 Å². The Kier molecular flexibility index (Phi) is 7.95. The monoisotopic (exact) mass is 290 g/mol. The zero-order valence-electron chi connectivity index (χ0n) is 10.2. The zero-order chi connectivity index (χ0) is 11.4. The van der Waals surface area contributed by atoms with Crippen molar-refractivity contribution in [2.24, 2.45) is 0 Å². The summed E-state index contributed by atoms with van der Waals surface area (Å²) >= 11 is 0. The van der Waals surface area contributed by atoms with Gasteiger partial charge in [0.2, 0.25) is 0 Å². The van der Waals surface area contributed by atoms with E-state index in [0.29, 0.717) is 5.82 Å². The first-order valence-electron chi connectivity index (χ1n) is 5.60. The Hall–Kier alpha value is -0.810. The fourth-order valence-corrected chi connectivity index (χ4v) is 2.11. The molecule has 2 rings (SSSR count). The van der Waals surface area contributed by atoms with Crippen molar-refractivity contribution < 1.29 is 0 Å². The van der Waals surface area contributed by atoms with E-state index >= 15 is 0 Å². The van der Waals surface area contributed by atoms with Gasteiger partial charge in [0, 0.05) is 37.9 Å². The van der Waals surface area contributed by atoms with E-state index < -0.39 is 0 Å². The molecule has 2 heterocycles. The number of piperazine rings is 1. The molecule has 0 radical (unpaired) electrons. The summed E-state index contributed by atoms with van der Waals surface area (Å²) in [4.78, 5) is 6.50. The summed E-state index contributed by atoms with van der Waals surface area (Å²) in [6.45, 7) is 7.98. The van der Waals surface area contributed by atoms with Gasteiger partial charge >= 0.3 is 0 Å². The van der Waals surface area contributed by atoms with Crippen LogP contribution in [0.4, 0.5) is 5.82 Å². The van der Waals surface area contributed by atoms with Gasteiger partial charge in [-0.05, 0) is 6.07 Å². The number of rotatable bonds is 3. The molecule has 0 aliphatic carbocycles. The second kappa shape index (κ2) is 8.32. The molecule has 0 saturated carbocycles. The van der Waals surface area contributed by atoms with Gasteiger partial charge in [-0.3, -0.25) is 4.90 Å². The van der Waals surface area contributed by atoms with E-state index in [1.165, 1.54) is 0 Å². The lowest BCUT2D eigenvalue weighted by molar-refractivity contribution is 0.204. The summed E-state index contributed by atoms with van der Waals surface area (Å²) in [5, 5.41) is 3.34. The van der Waals surface area contributed by atoms with Crippen LogP contribution in [0.25, 0.3) is 0 Å². The molecule has 6 heteroatoms. The van der Waals surface area contributed by atoms with Crippen LogP contribution in [0.3, 0.4) is 0 Å². The van der Waals surface area contributed by atoms with Crippen molar-refractivity contribution in [2.75, 3.05) is 31.9 Å². The van der Waals surface area contributed by atoms with Crippen LogP contribution in [-0.2, 0) is 0 Å². The molecule has 0 amide bonds. The van der Waals surface area contributed by atoms with Crippen molar-refractivity contribution in [1.29, 1.82) is 0 Å². The first-order valence-corrected chi connectivity index (χ1v) is 5.60. The number of hydrogen-bond acceptors (Lipinski definition) is 4. The van der Waals surface area contributed by atoms with Crippen LogP contribution in [-0.4, -0.2) is 36.1 Å². The van der Waals surface area contributed by atoms with Gasteiger partial charge in [0.05, 0.1) is 6.04 Å². The standard InChI is InChI=1S/C12H18N4.2ClH/c1-2-11(16-8-6-14-7-9-16)10-4-3-5-15-12(10)13;;/h2-5,11,14H,1,6-9H2,(H2,13,15);2*1H/t11-;;/m0../s1. The molecular formula is C12H20Cl2N4. The van der Waals surface area contributed by atoms with Crippen LogP contribution in [0.2, 0.25) is 0 Å². The molecule has 1 aliphatic rings. The molecule has 1 aromatic heterocycles. The van der Waals surface area contributed by atoms with Crippen LogP contribution in [0.5, 0.6) is 0 Å². The molecule has 1 atom stereocenters. The lowest BCUT2D eigenvalue weighted by atomic mass is 10.1. The van der Waals surface area contributed by atoms with Crippen molar-refractivity contribution in [3.8, 4) is 0 Å². The Balaban J connectivity index is 0.00000144. The summed E-state index contributed by atoms with van der Waals surface area (Å²) in [6, 6.07) is 4.12. The normalized spacial score (nSPS) is 17.1. The Labute approximate surface area is 120 Å². The summed E-state index contributed by atoms with van der Waals surface area (Å²) in [7, 11) is 0. The zero-order valence-corrected chi connectivity index (χ0v) is 11.8. The predicted octanol–water partition coefficient (Wildman–Crippen LogP) is 1.64. The number of nitrogen functional groups attached to an aromatic ring is 1. The molecule has 1 aromatic rings. The molecule has 0 bridgehead atoms. The highest BCUT2D eigenvalue weighted by Crippen LogP contribution is 2.25. The number of pyridine rings is 1. The van der Waals surface area contributed by atoms with E-state index in [0.717, 1.165) is 31.7 Å². The van der Waals surface area contributed by atoms with E-state index in [4.69, 9.17) is 5.73 Å². The van der Waals surface area contributed by atoms with E-state index in [1.54, 1.807) is 6.20 Å². The van der Waals surface area contributed by atoms with E-state index in [1.807, 2.05) is 18.2 Å². The number of nitrogens with two attached hydrogens (primary N) is 1. The van der Waals surface area contributed by atoms with Crippen LogP contribution in [0.15, 0.2) is 31.0 Å². The first kappa shape index (κ1) is 17.2. The highest BCUT2D eigenvalue weighted by atomic mass is 35.5. The number of nitrogens with zero attached hydrogens (tertiary/aromatic N) is 2. The summed E-state index contributed by atoms with van der Waals surface area (Å²) in [6.07, 6.45) is 3.66. The van der Waals surface area contributed by atoms with Crippen LogP contribution >= 0.6 is 24.8 Å². The Morgan fingerprint density at radius 1 is 1.39 bits per heavy atom. The Morgan fingerprint density at radius 2 is 2.06 bits per heavy atom. The van der Waals surface area contributed by atoms with Gasteiger partial charge in [-0.15, -0.1) is 31.4 Å². The van der Waals surface area contributed by atoms with Gasteiger partial charge in [0.25, 0.3) is 0 Å². The maximum absolute atomic E-state index is 5.90. The molecule has 18 heavy (non-hydrogen) atoms. The quantitative estimate of drug-likeness (QED) is 0.831. The Bertz CT molecular complexity index is 367. The largest absolute Gasteiger partial charge is 0.383 e. The molecule has 0 aromatic carbocycles. The second-order valence-electron chi connectivity index (χ2n) is 3.94. The second-order valence-corrected chi connectivity index (χ2v) is 3.94. The Morgan fingerprint density at radius 3 is 2.61 bits per heavy atom. The van der Waals surface area contributed by atoms with E-state index in [2.05, 4.69) is 21.8 Å². The van der Waals surface area contributed by atoms with Gasteiger partial charge in [0.1, 0.15) is 5.82 Å². The number of anilines is 1. The van der Waals surface area contributed by atoms with Crippen LogP contribution in [0.1, 0.15) is 11.6 Å². The number of hydrogen-bond donors (Lipinski definition) is 2. The SMILES string of the molecule is C=C[C@@H](c1cccnc1N)N1CCNCC1.Cl.Cl. The minimum atomic E-state index is 0. The minimum absolute atomic E-state index is 0. The van der Waals surface area contributed by atoms with Crippen LogP contribution in [0, 0.1) is 0 Å². The number of halogens is 2. The van der Waals surface area contributed by atoms with Gasteiger partial charge in [-0.1, -0.05) is 12.1 Å². The fourth-order valence-electron chi connectivity index (χ4n) is 2.11. The van der Waals surface area contributed by atoms with Crippen molar-refractivity contribution >= 4 is 30.6 Å². The molecule has 0 unspecified atom stereocenters. The van der Waals surface area contributed by atoms with E-state index in [9.17, 15) is 0 Å². The molecule has 1 aliphatic heterocycles. The summed E-state index contributed by atoms with van der Waals surface area (Å²) in [5.74, 6) is 0.603. The third-order valence-corrected chi connectivity index (χ3v) is 2.96. The lowest BCUT2D eigenvalue weighted by Crippen LogP contribution is -2.44. The fraction of sp³-hybridized carbons (Fsp3) is 0.417. The molecule has 3 N–H and O–H groups in total. The smallest absolute Gasteiger partial charge is 0.128 e.